The number of hydrogen-bond donors (Lipinski definition) is 2. The molecular formula is C9H10N2O. The molecule has 1 unspecified atom stereocenters. The van der Waals surface area contributed by atoms with Crippen molar-refractivity contribution in [1.82, 2.24) is 5.32 Å². The minimum atomic E-state index is -0.612. The molecule has 0 fully saturated rings. The second-order valence-corrected chi connectivity index (χ2v) is 2.80. The predicted octanol–water partition coefficient (Wildman–Crippen LogP) is 1.33. The lowest BCUT2D eigenvalue weighted by atomic mass is 10.1. The number of benzene rings is 1. The quantitative estimate of drug-likeness (QED) is 0.604. The van der Waals surface area contributed by atoms with Crippen molar-refractivity contribution in [3.63, 3.8) is 0 Å². The molecule has 2 N–H and O–H groups in total. The molecule has 1 aliphatic heterocycles. The monoisotopic (exact) mass is 162 g/mol. The average molecular weight is 162 g/mol. The molecule has 0 radical (unpaired) electrons. The lowest BCUT2D eigenvalue weighted by Gasteiger charge is -2.20. The SMILES string of the molecule is CC1=Nc2ccccc2C(O)N1. The first-order valence-corrected chi connectivity index (χ1v) is 3.86. The molecule has 62 valence electrons. The minimum Gasteiger partial charge on any atom is -0.369 e. The molecular weight excluding hydrogens is 152 g/mol. The van der Waals surface area contributed by atoms with E-state index in [1.165, 1.54) is 0 Å². The zero-order valence-corrected chi connectivity index (χ0v) is 6.78. The van der Waals surface area contributed by atoms with Gasteiger partial charge in [-0.25, -0.2) is 4.99 Å². The first-order valence-electron chi connectivity index (χ1n) is 3.86. The Kier molecular flexibility index (Phi) is 1.59. The van der Waals surface area contributed by atoms with Gasteiger partial charge in [0.2, 0.25) is 0 Å². The Hall–Kier alpha value is -1.35. The summed E-state index contributed by atoms with van der Waals surface area (Å²) < 4.78 is 0. The Labute approximate surface area is 70.8 Å². The zero-order chi connectivity index (χ0) is 8.55. The van der Waals surface area contributed by atoms with E-state index in [0.717, 1.165) is 17.1 Å². The van der Waals surface area contributed by atoms with E-state index in [2.05, 4.69) is 10.3 Å². The van der Waals surface area contributed by atoms with Gasteiger partial charge in [-0.05, 0) is 13.0 Å². The number of fused-ring (bicyclic) bond motifs is 1. The summed E-state index contributed by atoms with van der Waals surface area (Å²) in [5.74, 6) is 0.751. The van der Waals surface area contributed by atoms with Crippen LogP contribution in [0.25, 0.3) is 0 Å². The Morgan fingerprint density at radius 1 is 1.42 bits per heavy atom. The van der Waals surface area contributed by atoms with Gasteiger partial charge in [0.05, 0.1) is 5.69 Å². The molecule has 1 atom stereocenters. The molecule has 0 saturated heterocycles. The van der Waals surface area contributed by atoms with Crippen molar-refractivity contribution in [1.29, 1.82) is 0 Å². The van der Waals surface area contributed by atoms with Gasteiger partial charge in [0.15, 0.2) is 6.23 Å². The summed E-state index contributed by atoms with van der Waals surface area (Å²) in [6, 6.07) is 7.55. The maximum absolute atomic E-state index is 9.54. The summed E-state index contributed by atoms with van der Waals surface area (Å²) in [6.45, 7) is 1.83. The number of amidine groups is 1. The summed E-state index contributed by atoms with van der Waals surface area (Å²) in [6.07, 6.45) is -0.612. The molecule has 2 rings (SSSR count). The molecule has 0 aliphatic carbocycles. The number of nitrogens with zero attached hydrogens (tertiary/aromatic N) is 1. The molecule has 0 amide bonds. The van der Waals surface area contributed by atoms with Gasteiger partial charge < -0.3 is 10.4 Å². The minimum absolute atomic E-state index is 0.612. The second-order valence-electron chi connectivity index (χ2n) is 2.80. The van der Waals surface area contributed by atoms with Crippen molar-refractivity contribution < 1.29 is 5.11 Å². The highest BCUT2D eigenvalue weighted by Crippen LogP contribution is 2.26. The molecule has 1 aromatic rings. The molecule has 0 saturated carbocycles. The van der Waals surface area contributed by atoms with Crippen LogP contribution in [0.1, 0.15) is 18.7 Å². The number of rotatable bonds is 0. The molecule has 1 heterocycles. The van der Waals surface area contributed by atoms with Gasteiger partial charge in [0.25, 0.3) is 0 Å². The first kappa shape index (κ1) is 7.31. The number of nitrogens with one attached hydrogen (secondary N) is 1. The number of aliphatic hydroxyl groups excluding tert-OH is 1. The fourth-order valence-corrected chi connectivity index (χ4v) is 1.31. The van der Waals surface area contributed by atoms with Crippen LogP contribution < -0.4 is 5.32 Å². The molecule has 12 heavy (non-hydrogen) atoms. The van der Waals surface area contributed by atoms with Crippen LogP contribution in [-0.4, -0.2) is 10.9 Å². The number of para-hydroxylation sites is 1. The third kappa shape index (κ3) is 1.08. The number of aliphatic hydroxyl groups is 1. The standard InChI is InChI=1S/C9H10N2O/c1-6-10-8-5-3-2-4-7(8)9(12)11-6/h2-5,9,12H,1H3,(H,10,11). The van der Waals surface area contributed by atoms with Crippen molar-refractivity contribution in [3.05, 3.63) is 29.8 Å². The molecule has 1 aliphatic rings. The third-order valence-corrected chi connectivity index (χ3v) is 1.87. The number of aliphatic imine (C=N–C) groups is 1. The second kappa shape index (κ2) is 2.60. The van der Waals surface area contributed by atoms with E-state index in [9.17, 15) is 5.11 Å². The fourth-order valence-electron chi connectivity index (χ4n) is 1.31. The molecule has 0 aromatic heterocycles. The highest BCUT2D eigenvalue weighted by atomic mass is 16.3. The third-order valence-electron chi connectivity index (χ3n) is 1.87. The van der Waals surface area contributed by atoms with Crippen molar-refractivity contribution >= 4 is 11.5 Å². The molecule has 0 spiro atoms. The van der Waals surface area contributed by atoms with Crippen LogP contribution in [0.3, 0.4) is 0 Å². The maximum Gasteiger partial charge on any atom is 0.153 e. The predicted molar refractivity (Wildman–Crippen MR) is 47.3 cm³/mol. The van der Waals surface area contributed by atoms with Gasteiger partial charge in [-0.1, -0.05) is 18.2 Å². The highest BCUT2D eigenvalue weighted by Gasteiger charge is 2.15. The largest absolute Gasteiger partial charge is 0.369 e. The normalized spacial score (nSPS) is 20.8. The summed E-state index contributed by atoms with van der Waals surface area (Å²) in [7, 11) is 0. The Morgan fingerprint density at radius 2 is 2.17 bits per heavy atom. The van der Waals surface area contributed by atoms with Crippen LogP contribution >= 0.6 is 0 Å². The van der Waals surface area contributed by atoms with E-state index in [-0.39, 0.29) is 0 Å². The summed E-state index contributed by atoms with van der Waals surface area (Å²) in [5, 5.41) is 12.4. The van der Waals surface area contributed by atoms with Crippen molar-refractivity contribution in [2.45, 2.75) is 13.2 Å². The average Bonchev–Trinajstić information content (AvgIpc) is 2.04. The van der Waals surface area contributed by atoms with Gasteiger partial charge in [-0.15, -0.1) is 0 Å². The van der Waals surface area contributed by atoms with Gasteiger partial charge in [0, 0.05) is 5.56 Å². The first-order chi connectivity index (χ1) is 5.77. The Morgan fingerprint density at radius 3 is 3.00 bits per heavy atom. The lowest BCUT2D eigenvalue weighted by molar-refractivity contribution is 0.161. The smallest absolute Gasteiger partial charge is 0.153 e. The molecule has 3 nitrogen and oxygen atoms in total. The highest BCUT2D eigenvalue weighted by molar-refractivity contribution is 5.85. The zero-order valence-electron chi connectivity index (χ0n) is 6.78. The van der Waals surface area contributed by atoms with Crippen LogP contribution in [0.2, 0.25) is 0 Å². The van der Waals surface area contributed by atoms with Crippen LogP contribution in [0.5, 0.6) is 0 Å². The molecule has 0 bridgehead atoms. The summed E-state index contributed by atoms with van der Waals surface area (Å²) in [5.41, 5.74) is 1.68. The van der Waals surface area contributed by atoms with E-state index in [4.69, 9.17) is 0 Å². The van der Waals surface area contributed by atoms with Crippen molar-refractivity contribution in [2.24, 2.45) is 4.99 Å². The van der Waals surface area contributed by atoms with E-state index in [0.29, 0.717) is 0 Å². The maximum atomic E-state index is 9.54. The summed E-state index contributed by atoms with van der Waals surface area (Å²) >= 11 is 0. The van der Waals surface area contributed by atoms with Crippen molar-refractivity contribution in [2.75, 3.05) is 0 Å². The van der Waals surface area contributed by atoms with E-state index < -0.39 is 6.23 Å². The van der Waals surface area contributed by atoms with Crippen LogP contribution in [-0.2, 0) is 0 Å². The fraction of sp³-hybridized carbons (Fsp3) is 0.222. The summed E-state index contributed by atoms with van der Waals surface area (Å²) in [4.78, 5) is 4.24. The van der Waals surface area contributed by atoms with Gasteiger partial charge in [-0.2, -0.15) is 0 Å². The van der Waals surface area contributed by atoms with Crippen molar-refractivity contribution in [3.8, 4) is 0 Å². The van der Waals surface area contributed by atoms with E-state index >= 15 is 0 Å². The Bertz CT molecular complexity index is 333. The van der Waals surface area contributed by atoms with Crippen LogP contribution in [0, 0.1) is 0 Å². The molecule has 1 aromatic carbocycles. The van der Waals surface area contributed by atoms with Gasteiger partial charge in [-0.3, -0.25) is 0 Å². The van der Waals surface area contributed by atoms with Crippen LogP contribution in [0.4, 0.5) is 5.69 Å². The van der Waals surface area contributed by atoms with E-state index in [1.54, 1.807) is 0 Å². The topological polar surface area (TPSA) is 44.6 Å². The lowest BCUT2D eigenvalue weighted by Crippen LogP contribution is -2.28. The van der Waals surface area contributed by atoms with E-state index in [1.807, 2.05) is 31.2 Å². The Balaban J connectivity index is 2.55. The van der Waals surface area contributed by atoms with Gasteiger partial charge in [0.1, 0.15) is 5.84 Å². The van der Waals surface area contributed by atoms with Crippen LogP contribution in [0.15, 0.2) is 29.3 Å². The van der Waals surface area contributed by atoms with Gasteiger partial charge >= 0.3 is 0 Å². The molecule has 3 heteroatoms. The number of hydrogen-bond acceptors (Lipinski definition) is 3.